The monoisotopic (exact) mass is 207 g/mol. The van der Waals surface area contributed by atoms with E-state index in [0.29, 0.717) is 0 Å². The quantitative estimate of drug-likeness (QED) is 0.421. The van der Waals surface area contributed by atoms with Crippen LogP contribution in [0.25, 0.3) is 0 Å². The lowest BCUT2D eigenvalue weighted by molar-refractivity contribution is -0.886. The first kappa shape index (κ1) is 18.5. The molecule has 0 aromatic rings. The summed E-state index contributed by atoms with van der Waals surface area (Å²) in [5.41, 5.74) is 0. The minimum absolute atomic E-state index is 0. The average molecular weight is 207 g/mol. The molecule has 13 heavy (non-hydrogen) atoms. The number of hydrogen-bond acceptors (Lipinski definition) is 1. The van der Waals surface area contributed by atoms with E-state index in [-0.39, 0.29) is 7.58 Å². The molecule has 0 bridgehead atoms. The van der Waals surface area contributed by atoms with E-state index in [1.165, 1.54) is 13.1 Å². The van der Waals surface area contributed by atoms with Crippen LogP contribution in [0, 0.1) is 0 Å². The Balaban J connectivity index is -0.0000000651. The third-order valence-corrected chi connectivity index (χ3v) is 1.71. The Bertz CT molecular complexity index is 109. The van der Waals surface area contributed by atoms with Gasteiger partial charge in [-0.15, -0.1) is 0 Å². The number of quaternary nitrogens is 1. The van der Waals surface area contributed by atoms with Crippen molar-refractivity contribution in [3.05, 3.63) is 0 Å². The van der Waals surface area contributed by atoms with E-state index >= 15 is 0 Å². The summed E-state index contributed by atoms with van der Waals surface area (Å²) in [7, 11) is -1.53. The van der Waals surface area contributed by atoms with Gasteiger partial charge in [0.05, 0.1) is 27.2 Å². The molecule has 0 heterocycles. The third kappa shape index (κ3) is 33.9. The zero-order valence-electron chi connectivity index (χ0n) is 9.66. The number of rotatable bonds is 2. The minimum atomic E-state index is -6.00. The first-order valence-electron chi connectivity index (χ1n) is 3.81. The van der Waals surface area contributed by atoms with Crippen molar-refractivity contribution < 1.29 is 23.2 Å². The van der Waals surface area contributed by atoms with Crippen LogP contribution in [0.15, 0.2) is 0 Å². The molecule has 84 valence electrons. The van der Waals surface area contributed by atoms with Crippen LogP contribution < -0.4 is 6.15 Å². The third-order valence-electron chi connectivity index (χ3n) is 1.71. The van der Waals surface area contributed by atoms with Crippen molar-refractivity contribution >= 4 is 7.25 Å². The van der Waals surface area contributed by atoms with Crippen LogP contribution in [0.2, 0.25) is 0 Å². The second-order valence-corrected chi connectivity index (χ2v) is 3.06. The number of hydrogen-bond donors (Lipinski definition) is 1. The highest BCUT2D eigenvalue weighted by atomic mass is 19.5. The van der Waals surface area contributed by atoms with Crippen LogP contribution in [0.3, 0.4) is 0 Å². The fourth-order valence-electron chi connectivity index (χ4n) is 0.224. The van der Waals surface area contributed by atoms with E-state index in [0.717, 1.165) is 4.48 Å². The Morgan fingerprint density at radius 3 is 1.15 bits per heavy atom. The molecule has 0 saturated heterocycles. The second kappa shape index (κ2) is 7.14. The Morgan fingerprint density at radius 1 is 1.00 bits per heavy atom. The first-order valence-corrected chi connectivity index (χ1v) is 3.81. The summed E-state index contributed by atoms with van der Waals surface area (Å²) < 4.78 is 40.1. The van der Waals surface area contributed by atoms with Crippen LogP contribution in [0.5, 0.6) is 0 Å². The van der Waals surface area contributed by atoms with Gasteiger partial charge in [0.1, 0.15) is 0 Å². The van der Waals surface area contributed by atoms with Gasteiger partial charge in [-0.25, -0.2) is 0 Å². The molecule has 0 aromatic heterocycles. The van der Waals surface area contributed by atoms with Crippen LogP contribution in [-0.4, -0.2) is 38.9 Å². The maximum absolute atomic E-state index is 9.75. The maximum Gasteiger partial charge on any atom is 1.00 e. The molecule has 0 atom stereocenters. The first-order chi connectivity index (χ1) is 5.12. The van der Waals surface area contributed by atoms with E-state index in [2.05, 4.69) is 27.9 Å². The van der Waals surface area contributed by atoms with Crippen LogP contribution in [-0.2, 0) is 0 Å². The Labute approximate surface area is 78.7 Å². The molecule has 0 aliphatic heterocycles. The molecule has 7 heteroatoms. The van der Waals surface area contributed by atoms with Gasteiger partial charge in [-0.2, -0.15) is 0 Å². The van der Waals surface area contributed by atoms with Gasteiger partial charge in [0.25, 0.3) is 0 Å². The van der Waals surface area contributed by atoms with Gasteiger partial charge in [-0.05, 0) is 13.8 Å². The zero-order valence-corrected chi connectivity index (χ0v) is 8.66. The van der Waals surface area contributed by atoms with E-state index in [4.69, 9.17) is 0 Å². The lowest BCUT2D eigenvalue weighted by Crippen LogP contribution is -2.38. The van der Waals surface area contributed by atoms with Gasteiger partial charge in [0.15, 0.2) is 0 Å². The molecule has 0 fully saturated rings. The molecule has 0 saturated carbocycles. The standard InChI is InChI=1S/C6H16N.BF4.H3N/c1-5-7(3,4)6-2;2-1(3,4)5;/h5-6H2,1-4H3;;1H3/q+1;-1;/p+1. The van der Waals surface area contributed by atoms with Gasteiger partial charge in [0.2, 0.25) is 0 Å². The van der Waals surface area contributed by atoms with Gasteiger partial charge in [0, 0.05) is 0 Å². The van der Waals surface area contributed by atoms with Crippen molar-refractivity contribution in [3.63, 3.8) is 0 Å². The van der Waals surface area contributed by atoms with Gasteiger partial charge in [-0.1, -0.05) is 0 Å². The van der Waals surface area contributed by atoms with Crippen molar-refractivity contribution in [2.45, 2.75) is 13.8 Å². The second-order valence-electron chi connectivity index (χ2n) is 3.06. The average Bonchev–Trinajstić information content (AvgIpc) is 1.85. The summed E-state index contributed by atoms with van der Waals surface area (Å²) in [5.74, 6) is 0. The smallest absolute Gasteiger partial charge is 0.418 e. The summed E-state index contributed by atoms with van der Waals surface area (Å²) in [6.07, 6.45) is 0. The van der Waals surface area contributed by atoms with Gasteiger partial charge in [-0.3, -0.25) is 0 Å². The molecule has 0 unspecified atom stereocenters. The predicted molar refractivity (Wildman–Crippen MR) is 49.5 cm³/mol. The fraction of sp³-hybridized carbons (Fsp3) is 1.00. The fourth-order valence-corrected chi connectivity index (χ4v) is 0.224. The lowest BCUT2D eigenvalue weighted by Gasteiger charge is -2.25. The number of halogens is 4. The van der Waals surface area contributed by atoms with Crippen molar-refractivity contribution in [3.8, 4) is 0 Å². The highest BCUT2D eigenvalue weighted by Gasteiger charge is 2.20. The lowest BCUT2D eigenvalue weighted by atomic mass is 10.3. The van der Waals surface area contributed by atoms with Gasteiger partial charge >= 0.3 is 8.68 Å². The van der Waals surface area contributed by atoms with Crippen molar-refractivity contribution in [1.29, 1.82) is 0 Å². The molecule has 0 amide bonds. The Hall–Kier alpha value is -0.295. The van der Waals surface area contributed by atoms with E-state index < -0.39 is 7.25 Å². The van der Waals surface area contributed by atoms with Crippen LogP contribution in [0.4, 0.5) is 17.3 Å². The molecule has 0 spiro atoms. The summed E-state index contributed by atoms with van der Waals surface area (Å²) in [4.78, 5) is 0. The normalized spacial score (nSPS) is 11.1. The molecule has 0 aliphatic carbocycles. The Kier molecular flexibility index (Phi) is 10.2. The SMILES string of the molecule is CC[N+](C)(C)CC.F[B-](F)(F)F.N.[H+]. The van der Waals surface area contributed by atoms with E-state index in [9.17, 15) is 17.3 Å². The largest absolute Gasteiger partial charge is 1.00 e. The summed E-state index contributed by atoms with van der Waals surface area (Å²) in [6.45, 7) is 6.89. The van der Waals surface area contributed by atoms with Crippen molar-refractivity contribution in [2.75, 3.05) is 27.2 Å². The highest BCUT2D eigenvalue weighted by molar-refractivity contribution is 6.50. The highest BCUT2D eigenvalue weighted by Crippen LogP contribution is 2.06. The molecular formula is C6H20BF4N2+. The minimum Gasteiger partial charge on any atom is -0.418 e. The van der Waals surface area contributed by atoms with E-state index in [1.807, 2.05) is 0 Å². The molecule has 2 nitrogen and oxygen atoms in total. The molecule has 0 aromatic carbocycles. The molecule has 0 aliphatic rings. The van der Waals surface area contributed by atoms with Crippen LogP contribution >= 0.6 is 0 Å². The molecule has 0 rings (SSSR count). The van der Waals surface area contributed by atoms with Crippen LogP contribution in [0.1, 0.15) is 15.3 Å². The Morgan fingerprint density at radius 2 is 1.15 bits per heavy atom. The van der Waals surface area contributed by atoms with E-state index in [1.54, 1.807) is 0 Å². The van der Waals surface area contributed by atoms with Crippen molar-refractivity contribution in [2.24, 2.45) is 0 Å². The molecule has 3 N–H and O–H groups in total. The van der Waals surface area contributed by atoms with Crippen molar-refractivity contribution in [1.82, 2.24) is 6.15 Å². The summed E-state index contributed by atoms with van der Waals surface area (Å²) >= 11 is 0. The topological polar surface area (TPSA) is 35.0 Å². The predicted octanol–water partition coefficient (Wildman–Crippen LogP) is 2.68. The summed E-state index contributed by atoms with van der Waals surface area (Å²) in [5, 5.41) is 0. The maximum atomic E-state index is 9.75. The molecular weight excluding hydrogens is 187 g/mol. The summed E-state index contributed by atoms with van der Waals surface area (Å²) in [6, 6.07) is 0. The number of nitrogens with zero attached hydrogens (tertiary/aromatic N) is 1. The zero-order chi connectivity index (χ0) is 10.4. The van der Waals surface area contributed by atoms with Gasteiger partial charge < -0.3 is 27.9 Å². The molecule has 0 radical (unpaired) electrons.